The van der Waals surface area contributed by atoms with Crippen molar-refractivity contribution in [3.63, 3.8) is 0 Å². The van der Waals surface area contributed by atoms with E-state index in [4.69, 9.17) is 5.73 Å². The molecule has 0 spiro atoms. The first kappa shape index (κ1) is 14.0. The van der Waals surface area contributed by atoms with Crippen LogP contribution in [0.25, 0.3) is 11.3 Å². The Hall–Kier alpha value is -1.95. The number of rotatable bonds is 3. The SMILES string of the molecule is NC(=O)C1CCN(c2nc(-c3ccc(F)cc3)cs2)CC1. The van der Waals surface area contributed by atoms with E-state index in [0.717, 1.165) is 42.3 Å². The van der Waals surface area contributed by atoms with Crippen LogP contribution in [-0.4, -0.2) is 24.0 Å². The van der Waals surface area contributed by atoms with Crippen LogP contribution >= 0.6 is 11.3 Å². The second-order valence-corrected chi connectivity index (χ2v) is 6.02. The molecule has 1 aliphatic rings. The van der Waals surface area contributed by atoms with Crippen molar-refractivity contribution in [2.45, 2.75) is 12.8 Å². The van der Waals surface area contributed by atoms with Gasteiger partial charge in [-0.05, 0) is 37.1 Å². The van der Waals surface area contributed by atoms with E-state index in [1.54, 1.807) is 23.5 Å². The topological polar surface area (TPSA) is 59.2 Å². The molecule has 0 saturated carbocycles. The fourth-order valence-electron chi connectivity index (χ4n) is 2.52. The van der Waals surface area contributed by atoms with Crippen LogP contribution in [-0.2, 0) is 4.79 Å². The van der Waals surface area contributed by atoms with Crippen LogP contribution in [0.15, 0.2) is 29.6 Å². The first-order valence-electron chi connectivity index (χ1n) is 6.89. The molecule has 0 radical (unpaired) electrons. The molecule has 1 fully saturated rings. The quantitative estimate of drug-likeness (QED) is 0.948. The molecule has 0 bridgehead atoms. The van der Waals surface area contributed by atoms with Gasteiger partial charge in [-0.3, -0.25) is 4.79 Å². The number of aromatic nitrogens is 1. The van der Waals surface area contributed by atoms with Crippen molar-refractivity contribution in [1.82, 2.24) is 4.98 Å². The van der Waals surface area contributed by atoms with Crippen LogP contribution in [0.2, 0.25) is 0 Å². The first-order valence-corrected chi connectivity index (χ1v) is 7.77. The van der Waals surface area contributed by atoms with Crippen molar-refractivity contribution in [3.05, 3.63) is 35.5 Å². The van der Waals surface area contributed by atoms with Crippen LogP contribution in [0.5, 0.6) is 0 Å². The molecule has 2 aromatic rings. The zero-order valence-corrected chi connectivity index (χ0v) is 12.3. The summed E-state index contributed by atoms with van der Waals surface area (Å²) in [4.78, 5) is 18.0. The van der Waals surface area contributed by atoms with Crippen molar-refractivity contribution in [2.24, 2.45) is 11.7 Å². The van der Waals surface area contributed by atoms with E-state index in [2.05, 4.69) is 9.88 Å². The summed E-state index contributed by atoms with van der Waals surface area (Å²) < 4.78 is 12.9. The molecule has 2 heterocycles. The highest BCUT2D eigenvalue weighted by atomic mass is 32.1. The number of halogens is 1. The molecule has 2 N–H and O–H groups in total. The highest BCUT2D eigenvalue weighted by Crippen LogP contribution is 2.30. The number of benzene rings is 1. The maximum atomic E-state index is 12.9. The summed E-state index contributed by atoms with van der Waals surface area (Å²) in [6.07, 6.45) is 1.56. The summed E-state index contributed by atoms with van der Waals surface area (Å²) in [5, 5.41) is 2.92. The third-order valence-corrected chi connectivity index (χ3v) is 4.70. The van der Waals surface area contributed by atoms with Crippen molar-refractivity contribution in [1.29, 1.82) is 0 Å². The van der Waals surface area contributed by atoms with E-state index in [9.17, 15) is 9.18 Å². The van der Waals surface area contributed by atoms with Crippen LogP contribution in [0.3, 0.4) is 0 Å². The van der Waals surface area contributed by atoms with Gasteiger partial charge in [0.25, 0.3) is 0 Å². The predicted molar refractivity (Wildman–Crippen MR) is 81.6 cm³/mol. The van der Waals surface area contributed by atoms with Crippen molar-refractivity contribution in [3.8, 4) is 11.3 Å². The normalized spacial score (nSPS) is 16.1. The van der Waals surface area contributed by atoms with Crippen molar-refractivity contribution < 1.29 is 9.18 Å². The number of primary amides is 1. The lowest BCUT2D eigenvalue weighted by molar-refractivity contribution is -0.122. The molecule has 110 valence electrons. The maximum absolute atomic E-state index is 12.9. The molecule has 1 aromatic carbocycles. The van der Waals surface area contributed by atoms with E-state index in [1.807, 2.05) is 5.38 Å². The summed E-state index contributed by atoms with van der Waals surface area (Å²) >= 11 is 1.57. The lowest BCUT2D eigenvalue weighted by Gasteiger charge is -2.30. The fourth-order valence-corrected chi connectivity index (χ4v) is 3.41. The third kappa shape index (κ3) is 3.05. The molecule has 0 atom stereocenters. The number of anilines is 1. The van der Waals surface area contributed by atoms with Gasteiger partial charge in [0.05, 0.1) is 5.69 Å². The van der Waals surface area contributed by atoms with Crippen molar-refractivity contribution in [2.75, 3.05) is 18.0 Å². The van der Waals surface area contributed by atoms with Gasteiger partial charge in [0.1, 0.15) is 5.82 Å². The average molecular weight is 305 g/mol. The van der Waals surface area contributed by atoms with Gasteiger partial charge < -0.3 is 10.6 Å². The number of hydrogen-bond donors (Lipinski definition) is 1. The lowest BCUT2D eigenvalue weighted by atomic mass is 9.97. The summed E-state index contributed by atoms with van der Waals surface area (Å²) in [6, 6.07) is 6.33. The second-order valence-electron chi connectivity index (χ2n) is 5.19. The number of piperidine rings is 1. The molecule has 21 heavy (non-hydrogen) atoms. The van der Waals surface area contributed by atoms with Gasteiger partial charge in [-0.15, -0.1) is 11.3 Å². The molecule has 0 unspecified atom stereocenters. The zero-order valence-electron chi connectivity index (χ0n) is 11.5. The zero-order chi connectivity index (χ0) is 14.8. The number of carbonyl (C=O) groups is 1. The minimum atomic E-state index is -0.247. The number of hydrogen-bond acceptors (Lipinski definition) is 4. The second kappa shape index (κ2) is 5.81. The van der Waals surface area contributed by atoms with E-state index in [0.29, 0.717) is 0 Å². The molecule has 1 saturated heterocycles. The van der Waals surface area contributed by atoms with Gasteiger partial charge in [0.15, 0.2) is 5.13 Å². The third-order valence-electron chi connectivity index (χ3n) is 3.80. The van der Waals surface area contributed by atoms with Gasteiger partial charge in [-0.25, -0.2) is 9.37 Å². The summed E-state index contributed by atoms with van der Waals surface area (Å²) in [6.45, 7) is 1.59. The molecule has 0 aliphatic carbocycles. The van der Waals surface area contributed by atoms with Crippen LogP contribution in [0.1, 0.15) is 12.8 Å². The summed E-state index contributed by atoms with van der Waals surface area (Å²) in [7, 11) is 0. The monoisotopic (exact) mass is 305 g/mol. The number of amides is 1. The van der Waals surface area contributed by atoms with E-state index < -0.39 is 0 Å². The minimum Gasteiger partial charge on any atom is -0.369 e. The van der Waals surface area contributed by atoms with Crippen LogP contribution in [0.4, 0.5) is 9.52 Å². The lowest BCUT2D eigenvalue weighted by Crippen LogP contribution is -2.38. The van der Waals surface area contributed by atoms with Gasteiger partial charge in [0.2, 0.25) is 5.91 Å². The van der Waals surface area contributed by atoms with Crippen LogP contribution < -0.4 is 10.6 Å². The van der Waals surface area contributed by atoms with Crippen molar-refractivity contribution >= 4 is 22.4 Å². The minimum absolute atomic E-state index is 0.0159. The Balaban J connectivity index is 1.71. The first-order chi connectivity index (χ1) is 10.1. The Labute approximate surface area is 126 Å². The standard InChI is InChI=1S/C15H16FN3OS/c16-12-3-1-10(2-4-12)13-9-21-15(18-13)19-7-5-11(6-8-19)14(17)20/h1-4,9,11H,5-8H2,(H2,17,20). The van der Waals surface area contributed by atoms with Gasteiger partial charge >= 0.3 is 0 Å². The number of nitrogens with two attached hydrogens (primary N) is 1. The van der Waals surface area contributed by atoms with Gasteiger partial charge in [0, 0.05) is 30.0 Å². The highest BCUT2D eigenvalue weighted by molar-refractivity contribution is 7.14. The Kier molecular flexibility index (Phi) is 3.88. The molecular weight excluding hydrogens is 289 g/mol. The predicted octanol–water partition coefficient (Wildman–Crippen LogP) is 2.65. The van der Waals surface area contributed by atoms with Gasteiger partial charge in [-0.2, -0.15) is 0 Å². The van der Waals surface area contributed by atoms with E-state index >= 15 is 0 Å². The van der Waals surface area contributed by atoms with Crippen LogP contribution in [0, 0.1) is 11.7 Å². The Morgan fingerprint density at radius 1 is 1.29 bits per heavy atom. The molecular formula is C15H16FN3OS. The summed E-state index contributed by atoms with van der Waals surface area (Å²) in [5.74, 6) is -0.471. The molecule has 4 nitrogen and oxygen atoms in total. The smallest absolute Gasteiger partial charge is 0.220 e. The fraction of sp³-hybridized carbons (Fsp3) is 0.333. The molecule has 3 rings (SSSR count). The molecule has 6 heteroatoms. The summed E-state index contributed by atoms with van der Waals surface area (Å²) in [5.41, 5.74) is 7.10. The van der Waals surface area contributed by atoms with Gasteiger partial charge in [-0.1, -0.05) is 0 Å². The average Bonchev–Trinajstić information content (AvgIpc) is 2.98. The largest absolute Gasteiger partial charge is 0.369 e. The van der Waals surface area contributed by atoms with E-state index in [1.165, 1.54) is 12.1 Å². The highest BCUT2D eigenvalue weighted by Gasteiger charge is 2.24. The molecule has 1 amide bonds. The molecule has 1 aliphatic heterocycles. The molecule has 1 aromatic heterocycles. The Morgan fingerprint density at radius 3 is 2.57 bits per heavy atom. The number of thiazole rings is 1. The number of nitrogens with zero attached hydrogens (tertiary/aromatic N) is 2. The maximum Gasteiger partial charge on any atom is 0.220 e. The number of carbonyl (C=O) groups excluding carboxylic acids is 1. The Bertz CT molecular complexity index is 633. The Morgan fingerprint density at radius 2 is 1.95 bits per heavy atom. The van der Waals surface area contributed by atoms with E-state index in [-0.39, 0.29) is 17.6 Å².